The first-order valence-electron chi connectivity index (χ1n) is 5.51. The Bertz CT molecular complexity index is 494. The van der Waals surface area contributed by atoms with Crippen LogP contribution in [0.25, 0.3) is 6.08 Å². The van der Waals surface area contributed by atoms with Crippen LogP contribution >= 0.6 is 0 Å². The van der Waals surface area contributed by atoms with Crippen molar-refractivity contribution < 1.29 is 23.5 Å². The van der Waals surface area contributed by atoms with Crippen molar-refractivity contribution >= 4 is 18.0 Å². The molecule has 5 heteroatoms. The van der Waals surface area contributed by atoms with Crippen LogP contribution in [-0.4, -0.2) is 25.2 Å². The summed E-state index contributed by atoms with van der Waals surface area (Å²) in [4.78, 5) is 21.9. The lowest BCUT2D eigenvalue weighted by atomic mass is 10.2. The van der Waals surface area contributed by atoms with Crippen LogP contribution in [0.1, 0.15) is 5.56 Å². The molecule has 0 heterocycles. The molecule has 19 heavy (non-hydrogen) atoms. The highest BCUT2D eigenvalue weighted by Gasteiger charge is 1.99. The quantitative estimate of drug-likeness (QED) is 0.448. The normalized spacial score (nSPS) is 10.2. The van der Waals surface area contributed by atoms with Gasteiger partial charge in [0.1, 0.15) is 19.0 Å². The van der Waals surface area contributed by atoms with Gasteiger partial charge in [-0.1, -0.05) is 18.7 Å². The molecular formula is C14H13FO4. The van der Waals surface area contributed by atoms with Gasteiger partial charge in [0.2, 0.25) is 0 Å². The van der Waals surface area contributed by atoms with Gasteiger partial charge in [0, 0.05) is 12.2 Å². The van der Waals surface area contributed by atoms with Crippen LogP contribution in [0.15, 0.2) is 43.0 Å². The molecule has 0 aliphatic carbocycles. The first-order valence-corrected chi connectivity index (χ1v) is 5.51. The summed E-state index contributed by atoms with van der Waals surface area (Å²) >= 11 is 0. The van der Waals surface area contributed by atoms with Crippen LogP contribution in [0.3, 0.4) is 0 Å². The molecule has 0 aliphatic rings. The zero-order valence-electron chi connectivity index (χ0n) is 10.2. The molecule has 0 radical (unpaired) electrons. The third-order valence-corrected chi connectivity index (χ3v) is 2.00. The Kier molecular flexibility index (Phi) is 6.02. The lowest BCUT2D eigenvalue weighted by Gasteiger charge is -2.02. The number of benzene rings is 1. The van der Waals surface area contributed by atoms with Crippen LogP contribution < -0.4 is 0 Å². The highest BCUT2D eigenvalue weighted by Crippen LogP contribution is 2.05. The van der Waals surface area contributed by atoms with Crippen molar-refractivity contribution in [2.75, 3.05) is 13.2 Å². The van der Waals surface area contributed by atoms with Crippen LogP contribution in [0.5, 0.6) is 0 Å². The van der Waals surface area contributed by atoms with E-state index >= 15 is 0 Å². The molecule has 0 saturated carbocycles. The topological polar surface area (TPSA) is 52.6 Å². The molecule has 1 aromatic carbocycles. The number of hydrogen-bond acceptors (Lipinski definition) is 4. The maximum Gasteiger partial charge on any atom is 0.330 e. The maximum absolute atomic E-state index is 12.8. The first kappa shape index (κ1) is 14.6. The van der Waals surface area contributed by atoms with Gasteiger partial charge in [0.15, 0.2) is 0 Å². The van der Waals surface area contributed by atoms with E-state index in [2.05, 4.69) is 11.3 Å². The minimum absolute atomic E-state index is 0.0373. The van der Waals surface area contributed by atoms with Crippen molar-refractivity contribution in [2.45, 2.75) is 0 Å². The van der Waals surface area contributed by atoms with Crippen molar-refractivity contribution in [3.05, 3.63) is 54.4 Å². The third-order valence-electron chi connectivity index (χ3n) is 2.00. The molecule has 0 atom stereocenters. The average molecular weight is 264 g/mol. The van der Waals surface area contributed by atoms with Gasteiger partial charge in [-0.2, -0.15) is 0 Å². The van der Waals surface area contributed by atoms with Crippen molar-refractivity contribution in [2.24, 2.45) is 0 Å². The molecule has 0 aromatic heterocycles. The molecule has 0 saturated heterocycles. The number of carbonyl (C=O) groups excluding carboxylic acids is 2. The molecule has 0 unspecified atom stereocenters. The molecule has 0 fully saturated rings. The van der Waals surface area contributed by atoms with Gasteiger partial charge in [-0.15, -0.1) is 0 Å². The Morgan fingerprint density at radius 2 is 1.89 bits per heavy atom. The number of hydrogen-bond donors (Lipinski definition) is 0. The van der Waals surface area contributed by atoms with E-state index in [4.69, 9.17) is 4.74 Å². The van der Waals surface area contributed by atoms with E-state index in [0.29, 0.717) is 5.56 Å². The van der Waals surface area contributed by atoms with Crippen molar-refractivity contribution in [3.8, 4) is 0 Å². The fourth-order valence-electron chi connectivity index (χ4n) is 1.17. The molecule has 1 aromatic rings. The molecule has 100 valence electrons. The Labute approximate surface area is 110 Å². The monoisotopic (exact) mass is 264 g/mol. The molecule has 0 N–H and O–H groups in total. The van der Waals surface area contributed by atoms with Gasteiger partial charge < -0.3 is 9.47 Å². The molecule has 0 spiro atoms. The number of carbonyl (C=O) groups is 2. The Hall–Kier alpha value is -2.43. The Morgan fingerprint density at radius 3 is 2.53 bits per heavy atom. The van der Waals surface area contributed by atoms with Gasteiger partial charge in [-0.3, -0.25) is 0 Å². The average Bonchev–Trinajstić information content (AvgIpc) is 2.41. The lowest BCUT2D eigenvalue weighted by Crippen LogP contribution is -2.11. The molecule has 0 aliphatic heterocycles. The van der Waals surface area contributed by atoms with E-state index in [1.165, 1.54) is 30.4 Å². The second kappa shape index (κ2) is 7.81. The van der Waals surface area contributed by atoms with Gasteiger partial charge in [-0.25, -0.2) is 14.0 Å². The van der Waals surface area contributed by atoms with E-state index in [0.717, 1.165) is 6.08 Å². The lowest BCUT2D eigenvalue weighted by molar-refractivity contribution is -0.145. The minimum Gasteiger partial charge on any atom is -0.459 e. The summed E-state index contributed by atoms with van der Waals surface area (Å²) in [5, 5.41) is 0. The number of esters is 2. The maximum atomic E-state index is 12.8. The van der Waals surface area contributed by atoms with Gasteiger partial charge in [0.05, 0.1) is 0 Å². The van der Waals surface area contributed by atoms with Crippen LogP contribution in [0, 0.1) is 5.82 Å². The summed E-state index contributed by atoms with van der Waals surface area (Å²) in [6.45, 7) is 3.13. The molecule has 4 nitrogen and oxygen atoms in total. The second-order valence-corrected chi connectivity index (χ2v) is 3.43. The first-order chi connectivity index (χ1) is 9.11. The van der Waals surface area contributed by atoms with E-state index in [9.17, 15) is 14.0 Å². The molecule has 1 rings (SSSR count). The van der Waals surface area contributed by atoms with Gasteiger partial charge in [-0.05, 0) is 23.8 Å². The third kappa shape index (κ3) is 6.16. The zero-order chi connectivity index (χ0) is 14.1. The zero-order valence-corrected chi connectivity index (χ0v) is 10.2. The predicted molar refractivity (Wildman–Crippen MR) is 67.5 cm³/mol. The van der Waals surface area contributed by atoms with E-state index in [1.807, 2.05) is 0 Å². The highest BCUT2D eigenvalue weighted by molar-refractivity contribution is 5.87. The summed E-state index contributed by atoms with van der Waals surface area (Å²) in [6.07, 6.45) is 3.62. The number of rotatable bonds is 6. The SMILES string of the molecule is C=CC(=O)OCCOC(=O)/C=C/c1cccc(F)c1. The van der Waals surface area contributed by atoms with Crippen LogP contribution in [-0.2, 0) is 19.1 Å². The van der Waals surface area contributed by atoms with E-state index in [-0.39, 0.29) is 19.0 Å². The summed E-state index contributed by atoms with van der Waals surface area (Å²) < 4.78 is 22.2. The highest BCUT2D eigenvalue weighted by atomic mass is 19.1. The molecular weight excluding hydrogens is 251 g/mol. The Morgan fingerprint density at radius 1 is 1.21 bits per heavy atom. The van der Waals surface area contributed by atoms with Crippen molar-refractivity contribution in [1.82, 2.24) is 0 Å². The minimum atomic E-state index is -0.598. The van der Waals surface area contributed by atoms with Crippen molar-refractivity contribution in [3.63, 3.8) is 0 Å². The largest absolute Gasteiger partial charge is 0.459 e. The molecule has 0 amide bonds. The van der Waals surface area contributed by atoms with Crippen LogP contribution in [0.4, 0.5) is 4.39 Å². The van der Waals surface area contributed by atoms with E-state index in [1.54, 1.807) is 6.07 Å². The van der Waals surface area contributed by atoms with Gasteiger partial charge in [0.25, 0.3) is 0 Å². The van der Waals surface area contributed by atoms with Crippen molar-refractivity contribution in [1.29, 1.82) is 0 Å². The number of ether oxygens (including phenoxy) is 2. The second-order valence-electron chi connectivity index (χ2n) is 3.43. The standard InChI is InChI=1S/C14H13FO4/c1-2-13(16)18-8-9-19-14(17)7-6-11-4-3-5-12(15)10-11/h2-7,10H,1,8-9H2/b7-6+. The summed E-state index contributed by atoms with van der Waals surface area (Å²) in [6, 6.07) is 5.78. The summed E-state index contributed by atoms with van der Waals surface area (Å²) in [5.41, 5.74) is 0.551. The smallest absolute Gasteiger partial charge is 0.330 e. The Balaban J connectivity index is 2.31. The van der Waals surface area contributed by atoms with E-state index < -0.39 is 11.9 Å². The molecule has 0 bridgehead atoms. The predicted octanol–water partition coefficient (Wildman–Crippen LogP) is 2.11. The fraction of sp³-hybridized carbons (Fsp3) is 0.143. The summed E-state index contributed by atoms with van der Waals surface area (Å²) in [7, 11) is 0. The van der Waals surface area contributed by atoms with Crippen LogP contribution in [0.2, 0.25) is 0 Å². The van der Waals surface area contributed by atoms with Gasteiger partial charge >= 0.3 is 11.9 Å². The number of halogens is 1. The summed E-state index contributed by atoms with van der Waals surface area (Å²) in [5.74, 6) is -1.56. The fourth-order valence-corrected chi connectivity index (χ4v) is 1.17.